The van der Waals surface area contributed by atoms with Gasteiger partial charge in [-0.05, 0) is 31.2 Å². The Kier molecular flexibility index (Phi) is 2.28. The number of nitrogens with zero attached hydrogens (tertiary/aromatic N) is 3. The highest BCUT2D eigenvalue weighted by atomic mass is 35.5. The summed E-state index contributed by atoms with van der Waals surface area (Å²) < 4.78 is 0. The van der Waals surface area contributed by atoms with E-state index in [-0.39, 0.29) is 18.4 Å². The van der Waals surface area contributed by atoms with Gasteiger partial charge in [0.1, 0.15) is 0 Å². The molecular formula is C12H10ClN3O2. The molecule has 1 saturated heterocycles. The van der Waals surface area contributed by atoms with Gasteiger partial charge < -0.3 is 0 Å². The number of carbonyl (C=O) groups is 2. The lowest BCUT2D eigenvalue weighted by molar-refractivity contribution is -0.122. The van der Waals surface area contributed by atoms with Crippen molar-refractivity contribution in [2.75, 3.05) is 11.4 Å². The highest BCUT2D eigenvalue weighted by Crippen LogP contribution is 2.40. The number of amides is 2. The summed E-state index contributed by atoms with van der Waals surface area (Å²) >= 11 is 5.79. The molecule has 2 atom stereocenters. The number of hydrogen-bond donors (Lipinski definition) is 0. The van der Waals surface area contributed by atoms with Gasteiger partial charge in [-0.25, -0.2) is 4.90 Å². The normalized spacial score (nSPS) is 30.1. The third kappa shape index (κ3) is 1.34. The summed E-state index contributed by atoms with van der Waals surface area (Å²) in [6.07, 6.45) is 0. The van der Waals surface area contributed by atoms with Crippen molar-refractivity contribution < 1.29 is 9.59 Å². The van der Waals surface area contributed by atoms with Gasteiger partial charge in [0.05, 0.1) is 18.2 Å². The van der Waals surface area contributed by atoms with E-state index < -0.39 is 11.5 Å². The number of anilines is 1. The Morgan fingerprint density at radius 2 is 2.00 bits per heavy atom. The van der Waals surface area contributed by atoms with Gasteiger partial charge >= 0.3 is 0 Å². The summed E-state index contributed by atoms with van der Waals surface area (Å²) in [7, 11) is 0. The van der Waals surface area contributed by atoms with Gasteiger partial charge in [0.15, 0.2) is 5.54 Å². The highest BCUT2D eigenvalue weighted by molar-refractivity contribution is 6.31. The van der Waals surface area contributed by atoms with E-state index in [4.69, 9.17) is 11.6 Å². The number of rotatable bonds is 1. The molecule has 2 unspecified atom stereocenters. The molecule has 6 heteroatoms. The zero-order valence-corrected chi connectivity index (χ0v) is 10.4. The number of fused-ring (bicyclic) bond motifs is 1. The van der Waals surface area contributed by atoms with Crippen molar-refractivity contribution in [1.82, 2.24) is 0 Å². The monoisotopic (exact) mass is 263 g/mol. The van der Waals surface area contributed by atoms with Crippen molar-refractivity contribution >= 4 is 29.1 Å². The van der Waals surface area contributed by atoms with Gasteiger partial charge in [-0.15, -0.1) is 0 Å². The maximum Gasteiger partial charge on any atom is 0.264 e. The van der Waals surface area contributed by atoms with Gasteiger partial charge in [0.25, 0.3) is 5.91 Å². The predicted molar refractivity (Wildman–Crippen MR) is 65.6 cm³/mol. The molecule has 2 aliphatic rings. The molecule has 5 nitrogen and oxygen atoms in total. The van der Waals surface area contributed by atoms with E-state index in [9.17, 15) is 9.59 Å². The first-order valence-corrected chi connectivity index (χ1v) is 5.94. The van der Waals surface area contributed by atoms with Crippen molar-refractivity contribution in [3.63, 3.8) is 0 Å². The summed E-state index contributed by atoms with van der Waals surface area (Å²) in [4.78, 5) is 25.7. The molecule has 0 bridgehead atoms. The summed E-state index contributed by atoms with van der Waals surface area (Å²) in [5, 5.41) is 8.32. The van der Waals surface area contributed by atoms with E-state index in [0.29, 0.717) is 10.7 Å². The van der Waals surface area contributed by atoms with Gasteiger partial charge in [-0.3, -0.25) is 9.59 Å². The van der Waals surface area contributed by atoms with Crippen LogP contribution in [0.5, 0.6) is 0 Å². The molecule has 92 valence electrons. The quantitative estimate of drug-likeness (QED) is 0.728. The van der Waals surface area contributed by atoms with Crippen LogP contribution in [0.2, 0.25) is 5.02 Å². The lowest BCUT2D eigenvalue weighted by atomic mass is 9.90. The van der Waals surface area contributed by atoms with Crippen LogP contribution >= 0.6 is 11.6 Å². The number of carbonyl (C=O) groups excluding carboxylic acids is 2. The van der Waals surface area contributed by atoms with E-state index in [1.807, 2.05) is 0 Å². The first-order valence-electron chi connectivity index (χ1n) is 5.56. The number of azo groups is 1. The standard InChI is InChI=1S/C12H10ClN3O2/c1-12-9(6-14-15-12)10(17)16(11(12)18)8-4-2-7(13)3-5-8/h2-5,9H,6H2,1H3. The Labute approximate surface area is 108 Å². The molecule has 2 heterocycles. The molecule has 0 aliphatic carbocycles. The average molecular weight is 264 g/mol. The van der Waals surface area contributed by atoms with Crippen LogP contribution in [0, 0.1) is 5.92 Å². The number of benzene rings is 1. The lowest BCUT2D eigenvalue weighted by Gasteiger charge is -2.16. The van der Waals surface area contributed by atoms with Gasteiger partial charge in [0.2, 0.25) is 5.91 Å². The number of hydrogen-bond acceptors (Lipinski definition) is 4. The Bertz CT molecular complexity index is 569. The van der Waals surface area contributed by atoms with Crippen LogP contribution in [0.1, 0.15) is 6.92 Å². The van der Waals surface area contributed by atoms with E-state index in [2.05, 4.69) is 10.2 Å². The fourth-order valence-corrected chi connectivity index (χ4v) is 2.47. The smallest absolute Gasteiger partial charge is 0.264 e. The molecule has 0 N–H and O–H groups in total. The molecule has 1 fully saturated rings. The molecule has 3 rings (SSSR count). The predicted octanol–water partition coefficient (Wildman–Crippen LogP) is 2.05. The molecule has 2 amide bonds. The number of imide groups is 1. The first kappa shape index (κ1) is 11.3. The molecule has 1 aromatic carbocycles. The first-order chi connectivity index (χ1) is 8.54. The van der Waals surface area contributed by atoms with Gasteiger partial charge in [-0.1, -0.05) is 11.6 Å². The van der Waals surface area contributed by atoms with E-state index in [1.165, 1.54) is 4.90 Å². The van der Waals surface area contributed by atoms with Crippen LogP contribution in [-0.2, 0) is 9.59 Å². The fraction of sp³-hybridized carbons (Fsp3) is 0.333. The lowest BCUT2D eigenvalue weighted by Crippen LogP contribution is -2.37. The average Bonchev–Trinajstić information content (AvgIpc) is 2.81. The van der Waals surface area contributed by atoms with Crippen molar-refractivity contribution in [3.8, 4) is 0 Å². The Morgan fingerprint density at radius 3 is 2.61 bits per heavy atom. The molecule has 18 heavy (non-hydrogen) atoms. The van der Waals surface area contributed by atoms with Crippen LogP contribution in [0.25, 0.3) is 0 Å². The van der Waals surface area contributed by atoms with Crippen molar-refractivity contribution in [2.24, 2.45) is 16.1 Å². The SMILES string of the molecule is CC12N=NCC1C(=O)N(c1ccc(Cl)cc1)C2=O. The number of halogens is 1. The summed E-state index contributed by atoms with van der Waals surface area (Å²) in [5.41, 5.74) is -0.503. The van der Waals surface area contributed by atoms with Crippen molar-refractivity contribution in [1.29, 1.82) is 0 Å². The van der Waals surface area contributed by atoms with Gasteiger partial charge in [0, 0.05) is 5.02 Å². The minimum Gasteiger partial charge on any atom is -0.274 e. The molecule has 0 saturated carbocycles. The van der Waals surface area contributed by atoms with E-state index in [1.54, 1.807) is 31.2 Å². The maximum atomic E-state index is 12.3. The second kappa shape index (κ2) is 3.62. The van der Waals surface area contributed by atoms with Crippen LogP contribution < -0.4 is 4.90 Å². The van der Waals surface area contributed by atoms with Crippen LogP contribution in [0.4, 0.5) is 5.69 Å². The molecular weight excluding hydrogens is 254 g/mol. The Hall–Kier alpha value is -1.75. The van der Waals surface area contributed by atoms with E-state index in [0.717, 1.165) is 0 Å². The third-order valence-electron chi connectivity index (χ3n) is 3.46. The summed E-state index contributed by atoms with van der Waals surface area (Å²) in [5.74, 6) is -1.03. The maximum absolute atomic E-state index is 12.3. The zero-order valence-electron chi connectivity index (χ0n) is 9.63. The summed E-state index contributed by atoms with van der Waals surface area (Å²) in [6.45, 7) is 1.94. The topological polar surface area (TPSA) is 62.1 Å². The summed E-state index contributed by atoms with van der Waals surface area (Å²) in [6, 6.07) is 6.60. The minimum atomic E-state index is -1.03. The minimum absolute atomic E-state index is 0.241. The molecule has 0 radical (unpaired) electrons. The van der Waals surface area contributed by atoms with Crippen molar-refractivity contribution in [3.05, 3.63) is 29.3 Å². The Balaban J connectivity index is 2.04. The zero-order chi connectivity index (χ0) is 12.9. The van der Waals surface area contributed by atoms with Crippen molar-refractivity contribution in [2.45, 2.75) is 12.5 Å². The fourth-order valence-electron chi connectivity index (χ4n) is 2.34. The Morgan fingerprint density at radius 1 is 1.33 bits per heavy atom. The van der Waals surface area contributed by atoms with Crippen LogP contribution in [0.3, 0.4) is 0 Å². The van der Waals surface area contributed by atoms with Crippen LogP contribution in [-0.4, -0.2) is 23.9 Å². The molecule has 2 aliphatic heterocycles. The third-order valence-corrected chi connectivity index (χ3v) is 3.71. The second-order valence-corrected chi connectivity index (χ2v) is 5.02. The van der Waals surface area contributed by atoms with Crippen LogP contribution in [0.15, 0.2) is 34.5 Å². The molecule has 0 aromatic heterocycles. The largest absolute Gasteiger partial charge is 0.274 e. The van der Waals surface area contributed by atoms with E-state index >= 15 is 0 Å². The van der Waals surface area contributed by atoms with Gasteiger partial charge in [-0.2, -0.15) is 10.2 Å². The molecule has 0 spiro atoms. The molecule has 1 aromatic rings. The second-order valence-electron chi connectivity index (χ2n) is 4.58. The highest BCUT2D eigenvalue weighted by Gasteiger charge is 2.59.